The van der Waals surface area contributed by atoms with E-state index in [1.165, 1.54) is 83.1 Å². The molecule has 1 unspecified atom stereocenters. The quantitative estimate of drug-likeness (QED) is 0.168. The van der Waals surface area contributed by atoms with Crippen molar-refractivity contribution in [3.63, 3.8) is 0 Å². The highest BCUT2D eigenvalue weighted by molar-refractivity contribution is 5.99. The highest BCUT2D eigenvalue weighted by Crippen LogP contribution is 2.65. The second-order valence-corrected chi connectivity index (χ2v) is 17.8. The van der Waals surface area contributed by atoms with Gasteiger partial charge in [0.2, 0.25) is 0 Å². The predicted molar refractivity (Wildman–Crippen MR) is 231 cm³/mol. The van der Waals surface area contributed by atoms with Crippen LogP contribution in [0.5, 0.6) is 0 Å². The van der Waals surface area contributed by atoms with Crippen molar-refractivity contribution in [1.29, 1.82) is 0 Å². The van der Waals surface area contributed by atoms with E-state index in [1.54, 1.807) is 0 Å². The first-order valence-electron chi connectivity index (χ1n) is 19.7. The van der Waals surface area contributed by atoms with Crippen LogP contribution in [0, 0.1) is 0 Å². The van der Waals surface area contributed by atoms with Crippen molar-refractivity contribution in [2.24, 2.45) is 0 Å². The zero-order valence-electron chi connectivity index (χ0n) is 32.7. The van der Waals surface area contributed by atoms with Crippen molar-refractivity contribution in [3.8, 4) is 22.3 Å². The Hall–Kier alpha value is -5.46. The van der Waals surface area contributed by atoms with Crippen LogP contribution in [-0.4, -0.2) is 0 Å². The maximum absolute atomic E-state index is 2.57. The summed E-state index contributed by atoms with van der Waals surface area (Å²) in [5, 5.41) is 2.57. The molecule has 2 aliphatic rings. The molecule has 0 N–H and O–H groups in total. The molecule has 0 saturated heterocycles. The third-order valence-electron chi connectivity index (χ3n) is 12.5. The van der Waals surface area contributed by atoms with Gasteiger partial charge in [-0.1, -0.05) is 211 Å². The fraction of sp³-hybridized carbons (Fsp3) is 0.222. The van der Waals surface area contributed by atoms with E-state index in [1.807, 2.05) is 0 Å². The minimum Gasteiger partial charge on any atom is -0.0639 e. The van der Waals surface area contributed by atoms with Crippen molar-refractivity contribution in [3.05, 3.63) is 208 Å². The lowest BCUT2D eigenvalue weighted by atomic mass is 9.54. The van der Waals surface area contributed by atoms with Crippen molar-refractivity contribution in [1.82, 2.24) is 0 Å². The number of allylic oxidation sites excluding steroid dienone is 1. The number of hydrogen-bond donors (Lipinski definition) is 0. The molecule has 0 amide bonds. The minimum absolute atomic E-state index is 0.0101. The molecular weight excluding hydrogens is 649 g/mol. The van der Waals surface area contributed by atoms with Crippen LogP contribution in [0.3, 0.4) is 0 Å². The van der Waals surface area contributed by atoms with Crippen LogP contribution in [0.2, 0.25) is 0 Å². The Morgan fingerprint density at radius 2 is 0.889 bits per heavy atom. The lowest BCUT2D eigenvalue weighted by Gasteiger charge is -2.47. The molecule has 0 fully saturated rings. The second-order valence-electron chi connectivity index (χ2n) is 17.8. The number of rotatable bonds is 5. The van der Waals surface area contributed by atoms with Crippen molar-refractivity contribution in [2.45, 2.75) is 76.5 Å². The Kier molecular flexibility index (Phi) is 7.98. The third kappa shape index (κ3) is 5.25. The van der Waals surface area contributed by atoms with Crippen LogP contribution in [-0.2, 0) is 16.2 Å². The van der Waals surface area contributed by atoms with Gasteiger partial charge in [0, 0.05) is 17.3 Å². The van der Waals surface area contributed by atoms with Gasteiger partial charge in [0.25, 0.3) is 0 Å². The molecule has 7 aromatic rings. The summed E-state index contributed by atoms with van der Waals surface area (Å²) in [7, 11) is 0. The van der Waals surface area contributed by atoms with E-state index in [-0.39, 0.29) is 22.7 Å². The monoisotopic (exact) mass is 698 g/mol. The molecular formula is C54H50. The molecule has 0 bridgehead atoms. The Morgan fingerprint density at radius 3 is 1.46 bits per heavy atom. The van der Waals surface area contributed by atoms with Crippen LogP contribution in [0.4, 0.5) is 0 Å². The molecule has 0 radical (unpaired) electrons. The Morgan fingerprint density at radius 1 is 0.389 bits per heavy atom. The molecule has 0 aliphatic heterocycles. The number of benzene rings is 7. The van der Waals surface area contributed by atoms with Gasteiger partial charge in [0.15, 0.2) is 0 Å². The van der Waals surface area contributed by atoms with E-state index >= 15 is 0 Å². The lowest BCUT2D eigenvalue weighted by molar-refractivity contribution is 0.404. The maximum Gasteiger partial charge on any atom is 0.0418 e. The summed E-state index contributed by atoms with van der Waals surface area (Å²) in [4.78, 5) is 0. The number of fused-ring (bicyclic) bond motifs is 5. The van der Waals surface area contributed by atoms with E-state index < -0.39 is 5.41 Å². The first-order chi connectivity index (χ1) is 26.0. The van der Waals surface area contributed by atoms with Gasteiger partial charge in [0.05, 0.1) is 0 Å². The van der Waals surface area contributed by atoms with Crippen LogP contribution in [0.15, 0.2) is 163 Å². The molecule has 266 valence electrons. The minimum atomic E-state index is -0.473. The van der Waals surface area contributed by atoms with E-state index in [9.17, 15) is 0 Å². The van der Waals surface area contributed by atoms with E-state index in [0.29, 0.717) is 0 Å². The second kappa shape index (κ2) is 12.6. The fourth-order valence-corrected chi connectivity index (χ4v) is 9.96. The Balaban J connectivity index is 1.41. The molecule has 54 heavy (non-hydrogen) atoms. The van der Waals surface area contributed by atoms with Crippen LogP contribution in [0.1, 0.15) is 105 Å². The fourth-order valence-electron chi connectivity index (χ4n) is 9.96. The molecule has 1 atom stereocenters. The zero-order valence-corrected chi connectivity index (χ0v) is 32.7. The topological polar surface area (TPSA) is 0 Å². The van der Waals surface area contributed by atoms with Crippen molar-refractivity contribution < 1.29 is 0 Å². The van der Waals surface area contributed by atoms with Crippen LogP contribution < -0.4 is 0 Å². The summed E-state index contributed by atoms with van der Waals surface area (Å²) in [6, 6.07) is 60.4. The van der Waals surface area contributed by atoms with Crippen LogP contribution in [0.25, 0.3) is 39.1 Å². The predicted octanol–water partition coefficient (Wildman–Crippen LogP) is 14.4. The zero-order chi connectivity index (χ0) is 37.4. The Bertz CT molecular complexity index is 2460. The molecule has 0 saturated carbocycles. The molecule has 0 spiro atoms. The van der Waals surface area contributed by atoms with Crippen molar-refractivity contribution in [2.75, 3.05) is 0 Å². The summed E-state index contributed by atoms with van der Waals surface area (Å²) < 4.78 is 0. The van der Waals surface area contributed by atoms with E-state index in [2.05, 4.69) is 212 Å². The van der Waals surface area contributed by atoms with Gasteiger partial charge in [-0.15, -0.1) is 0 Å². The van der Waals surface area contributed by atoms with Gasteiger partial charge in [-0.2, -0.15) is 0 Å². The maximum atomic E-state index is 2.57. The molecule has 2 aliphatic carbocycles. The van der Waals surface area contributed by atoms with Gasteiger partial charge in [0.1, 0.15) is 0 Å². The van der Waals surface area contributed by atoms with Gasteiger partial charge < -0.3 is 0 Å². The van der Waals surface area contributed by atoms with Gasteiger partial charge in [-0.3, -0.25) is 0 Å². The van der Waals surface area contributed by atoms with Gasteiger partial charge >= 0.3 is 0 Å². The average molecular weight is 699 g/mol. The van der Waals surface area contributed by atoms with Gasteiger partial charge in [-0.05, 0) is 95.3 Å². The molecule has 0 heterocycles. The SMILES string of the molecule is CC1=Cc2c(-c3cccc4ccccc34)cccc2C1C(c1ccccc1)(c1ccccc1)C1c2cc(C(C)(C)C)ccc2-c2ccc(C(C)(C)C)cc21. The smallest absolute Gasteiger partial charge is 0.0418 e. The number of hydrogen-bond acceptors (Lipinski definition) is 0. The molecule has 0 aromatic heterocycles. The molecule has 7 aromatic carbocycles. The largest absolute Gasteiger partial charge is 0.0639 e. The van der Waals surface area contributed by atoms with Crippen LogP contribution >= 0.6 is 0 Å². The molecule has 9 rings (SSSR count). The van der Waals surface area contributed by atoms with E-state index in [0.717, 1.165) is 0 Å². The molecule has 0 nitrogen and oxygen atoms in total. The summed E-state index contributed by atoms with van der Waals surface area (Å²) in [5.74, 6) is 0.130. The highest BCUT2D eigenvalue weighted by atomic mass is 14.6. The summed E-state index contributed by atoms with van der Waals surface area (Å²) in [6.07, 6.45) is 2.52. The molecule has 0 heteroatoms. The normalized spacial score (nSPS) is 15.5. The van der Waals surface area contributed by atoms with Crippen molar-refractivity contribution >= 4 is 16.8 Å². The first-order valence-corrected chi connectivity index (χ1v) is 19.7. The summed E-state index contributed by atoms with van der Waals surface area (Å²) in [6.45, 7) is 16.5. The third-order valence-corrected chi connectivity index (χ3v) is 12.5. The first kappa shape index (κ1) is 34.3. The summed E-state index contributed by atoms with van der Waals surface area (Å²) >= 11 is 0. The average Bonchev–Trinajstić information content (AvgIpc) is 3.69. The summed E-state index contributed by atoms with van der Waals surface area (Å²) in [5.41, 5.74) is 17.3. The lowest BCUT2D eigenvalue weighted by Crippen LogP contribution is -2.41. The standard InChI is InChI=1S/C54H50/c1-35-32-47-43(42-25-16-19-36-18-14-15-24-41(36)42)26-17-27-46(47)50(35)54(37-20-10-8-11-21-37,38-22-12-9-13-23-38)51-48-33-39(52(2,3)4)28-30-44(48)45-31-29-40(34-49(45)51)53(5,6)7/h8-34,50-51H,1-7H3. The van der Waals surface area contributed by atoms with Gasteiger partial charge in [-0.25, -0.2) is 0 Å². The Labute approximate surface area is 322 Å². The highest BCUT2D eigenvalue weighted by Gasteiger charge is 2.55. The van der Waals surface area contributed by atoms with E-state index in [4.69, 9.17) is 0 Å².